The highest BCUT2D eigenvalue weighted by Crippen LogP contribution is 2.59. The minimum absolute atomic E-state index is 0.212. The molecule has 0 unspecified atom stereocenters. The summed E-state index contributed by atoms with van der Waals surface area (Å²) in [7, 11) is 1.99. The Kier molecular flexibility index (Phi) is 7.12. The van der Waals surface area contributed by atoms with Crippen molar-refractivity contribution in [2.24, 2.45) is 11.3 Å². The molecule has 2 aromatic rings. The Balaban J connectivity index is 2.49. The molecule has 7 nitrogen and oxygen atoms in total. The maximum atomic E-state index is 13.5. The van der Waals surface area contributed by atoms with Crippen LogP contribution in [0.15, 0.2) is 59.9 Å². The molecule has 0 radical (unpaired) electrons. The molecule has 3 rings (SSSR count). The third-order valence-electron chi connectivity index (χ3n) is 6.35. The molecule has 0 amide bonds. The second-order valence-electron chi connectivity index (χ2n) is 8.33. The average Bonchev–Trinajstić information content (AvgIpc) is 2.87. The minimum atomic E-state index is -4.77. The molecule has 186 valence electrons. The number of ether oxygens (including phenoxy) is 2. The SMILES string of the molecule is COC(=O)C1=C(O)[C@@H](C(=O)OC)[C@@H](c2cccc(C(F)(F)F)c2)C(C#N)(C#N)[C@@H]1c1ccc(C)cc1. The van der Waals surface area contributed by atoms with Crippen molar-refractivity contribution in [1.29, 1.82) is 10.5 Å². The number of esters is 2. The molecule has 36 heavy (non-hydrogen) atoms. The number of halogens is 3. The third kappa shape index (κ3) is 4.27. The van der Waals surface area contributed by atoms with Crippen molar-refractivity contribution in [2.75, 3.05) is 14.2 Å². The molecule has 1 aliphatic rings. The number of nitrogens with zero attached hydrogens (tertiary/aromatic N) is 2. The van der Waals surface area contributed by atoms with Crippen LogP contribution in [0.1, 0.15) is 34.1 Å². The monoisotopic (exact) mass is 498 g/mol. The molecule has 0 heterocycles. The largest absolute Gasteiger partial charge is 0.511 e. The minimum Gasteiger partial charge on any atom is -0.511 e. The van der Waals surface area contributed by atoms with Crippen molar-refractivity contribution >= 4 is 11.9 Å². The highest BCUT2D eigenvalue weighted by molar-refractivity contribution is 5.94. The third-order valence-corrected chi connectivity index (χ3v) is 6.35. The number of hydrogen-bond acceptors (Lipinski definition) is 7. The van der Waals surface area contributed by atoms with E-state index in [0.717, 1.165) is 31.9 Å². The number of methoxy groups -OCH3 is 2. The molecule has 2 aromatic carbocycles. The fourth-order valence-corrected chi connectivity index (χ4v) is 4.70. The summed E-state index contributed by atoms with van der Waals surface area (Å²) in [6.07, 6.45) is -4.77. The lowest BCUT2D eigenvalue weighted by atomic mass is 9.54. The zero-order valence-corrected chi connectivity index (χ0v) is 19.5. The summed E-state index contributed by atoms with van der Waals surface area (Å²) in [6.45, 7) is 1.78. The Morgan fingerprint density at radius 2 is 1.61 bits per heavy atom. The second-order valence-corrected chi connectivity index (χ2v) is 8.33. The van der Waals surface area contributed by atoms with Crippen molar-refractivity contribution < 1.29 is 37.3 Å². The summed E-state index contributed by atoms with van der Waals surface area (Å²) in [6, 6.07) is 13.9. The van der Waals surface area contributed by atoms with E-state index >= 15 is 0 Å². The number of rotatable bonds is 4. The van der Waals surface area contributed by atoms with E-state index in [0.29, 0.717) is 6.07 Å². The van der Waals surface area contributed by atoms with Gasteiger partial charge >= 0.3 is 18.1 Å². The molecular weight excluding hydrogens is 477 g/mol. The topological polar surface area (TPSA) is 120 Å². The number of aryl methyl sites for hydroxylation is 1. The number of nitriles is 2. The van der Waals surface area contributed by atoms with E-state index in [1.54, 1.807) is 19.1 Å². The maximum Gasteiger partial charge on any atom is 0.416 e. The van der Waals surface area contributed by atoms with E-state index in [-0.39, 0.29) is 11.1 Å². The van der Waals surface area contributed by atoms with Crippen LogP contribution in [-0.4, -0.2) is 31.3 Å². The average molecular weight is 498 g/mol. The lowest BCUT2D eigenvalue weighted by Crippen LogP contribution is -2.47. The summed E-state index contributed by atoms with van der Waals surface area (Å²) in [5.41, 5.74) is -3.09. The first-order valence-electron chi connectivity index (χ1n) is 10.6. The summed E-state index contributed by atoms with van der Waals surface area (Å²) in [5, 5.41) is 32.1. The predicted octanol–water partition coefficient (Wildman–Crippen LogP) is 4.70. The standard InChI is InChI=1S/C26H21F3N2O5/c1-14-7-9-15(10-8-14)20-18(23(33)35-2)22(32)19(24(34)36-3)21(25(20,12-30)13-31)16-5-4-6-17(11-16)26(27,28)29/h4-11,19-21,32H,1-3H3/t19-,20+,21+/m0/s1. The van der Waals surface area contributed by atoms with Gasteiger partial charge in [-0.25, -0.2) is 4.79 Å². The highest BCUT2D eigenvalue weighted by atomic mass is 19.4. The van der Waals surface area contributed by atoms with Gasteiger partial charge in [0.15, 0.2) is 5.41 Å². The van der Waals surface area contributed by atoms with Crippen molar-refractivity contribution in [1.82, 2.24) is 0 Å². The van der Waals surface area contributed by atoms with Gasteiger partial charge in [0.05, 0.1) is 43.4 Å². The van der Waals surface area contributed by atoms with Gasteiger partial charge in [-0.05, 0) is 24.1 Å². The molecule has 1 aliphatic carbocycles. The van der Waals surface area contributed by atoms with Gasteiger partial charge in [-0.15, -0.1) is 0 Å². The second kappa shape index (κ2) is 9.74. The molecule has 0 saturated carbocycles. The maximum absolute atomic E-state index is 13.5. The highest BCUT2D eigenvalue weighted by Gasteiger charge is 2.61. The molecule has 3 atom stereocenters. The van der Waals surface area contributed by atoms with E-state index in [9.17, 15) is 38.4 Å². The van der Waals surface area contributed by atoms with Crippen molar-refractivity contribution in [3.63, 3.8) is 0 Å². The first kappa shape index (κ1) is 26.3. The first-order chi connectivity index (χ1) is 17.0. The number of hydrogen-bond donors (Lipinski definition) is 1. The normalized spacial score (nSPS) is 21.2. The van der Waals surface area contributed by atoms with Gasteiger partial charge in [-0.2, -0.15) is 23.7 Å². The molecule has 1 N–H and O–H groups in total. The van der Waals surface area contributed by atoms with Crippen LogP contribution in [0.25, 0.3) is 0 Å². The van der Waals surface area contributed by atoms with Gasteiger partial charge in [0.1, 0.15) is 11.7 Å². The number of aliphatic hydroxyl groups is 1. The number of aliphatic hydroxyl groups excluding tert-OH is 1. The lowest BCUT2D eigenvalue weighted by Gasteiger charge is -2.44. The lowest BCUT2D eigenvalue weighted by molar-refractivity contribution is -0.147. The van der Waals surface area contributed by atoms with Gasteiger partial charge in [-0.3, -0.25) is 4.79 Å². The number of alkyl halides is 3. The van der Waals surface area contributed by atoms with Crippen LogP contribution in [0.2, 0.25) is 0 Å². The zero-order chi connectivity index (χ0) is 26.8. The quantitative estimate of drug-likeness (QED) is 0.607. The van der Waals surface area contributed by atoms with Crippen LogP contribution in [-0.2, 0) is 25.2 Å². The number of carbonyl (C=O) groups is 2. The van der Waals surface area contributed by atoms with Crippen LogP contribution >= 0.6 is 0 Å². The Labute approximate surface area is 205 Å². The van der Waals surface area contributed by atoms with E-state index in [4.69, 9.17) is 9.47 Å². The molecule has 0 bridgehead atoms. The molecule has 0 aliphatic heterocycles. The fraction of sp³-hybridized carbons (Fsp3) is 0.308. The van der Waals surface area contributed by atoms with E-state index in [1.165, 1.54) is 18.2 Å². The summed E-state index contributed by atoms with van der Waals surface area (Å²) in [4.78, 5) is 25.8. The van der Waals surface area contributed by atoms with Crippen LogP contribution in [0, 0.1) is 40.9 Å². The van der Waals surface area contributed by atoms with Gasteiger partial charge < -0.3 is 14.6 Å². The Bertz CT molecular complexity index is 1290. The van der Waals surface area contributed by atoms with Crippen LogP contribution in [0.4, 0.5) is 13.2 Å². The molecule has 0 spiro atoms. The Morgan fingerprint density at radius 3 is 2.11 bits per heavy atom. The predicted molar refractivity (Wildman–Crippen MR) is 119 cm³/mol. The van der Waals surface area contributed by atoms with Crippen molar-refractivity contribution in [3.8, 4) is 12.1 Å². The van der Waals surface area contributed by atoms with E-state index in [2.05, 4.69) is 0 Å². The molecule has 0 fully saturated rings. The Morgan fingerprint density at radius 1 is 1.00 bits per heavy atom. The summed E-state index contributed by atoms with van der Waals surface area (Å²) >= 11 is 0. The van der Waals surface area contributed by atoms with E-state index < -0.39 is 58.2 Å². The summed E-state index contributed by atoms with van der Waals surface area (Å²) in [5.74, 6) is -8.04. The van der Waals surface area contributed by atoms with Gasteiger partial charge in [0.2, 0.25) is 0 Å². The molecule has 0 saturated heterocycles. The number of carbonyl (C=O) groups excluding carboxylic acids is 2. The first-order valence-corrected chi connectivity index (χ1v) is 10.6. The molecule has 0 aromatic heterocycles. The fourth-order valence-electron chi connectivity index (χ4n) is 4.70. The smallest absolute Gasteiger partial charge is 0.416 e. The van der Waals surface area contributed by atoms with Crippen LogP contribution < -0.4 is 0 Å². The molecular formula is C26H21F3N2O5. The summed E-state index contributed by atoms with van der Waals surface area (Å²) < 4.78 is 50.2. The van der Waals surface area contributed by atoms with Crippen molar-refractivity contribution in [2.45, 2.75) is 24.9 Å². The number of benzene rings is 2. The van der Waals surface area contributed by atoms with Crippen LogP contribution in [0.5, 0.6) is 0 Å². The van der Waals surface area contributed by atoms with Gasteiger partial charge in [-0.1, -0.05) is 48.0 Å². The Hall–Kier alpha value is -4.31. The van der Waals surface area contributed by atoms with E-state index in [1.807, 2.05) is 12.1 Å². The van der Waals surface area contributed by atoms with Gasteiger partial charge in [0.25, 0.3) is 0 Å². The molecule has 10 heteroatoms. The van der Waals surface area contributed by atoms with Crippen LogP contribution in [0.3, 0.4) is 0 Å². The van der Waals surface area contributed by atoms with Crippen molar-refractivity contribution in [3.05, 3.63) is 82.1 Å². The van der Waals surface area contributed by atoms with Gasteiger partial charge in [0, 0.05) is 5.92 Å². The zero-order valence-electron chi connectivity index (χ0n) is 19.5.